The number of hydrogen-bond donors (Lipinski definition) is 1. The van der Waals surface area contributed by atoms with Gasteiger partial charge in [-0.15, -0.1) is 0 Å². The summed E-state index contributed by atoms with van der Waals surface area (Å²) >= 11 is 2.39. The summed E-state index contributed by atoms with van der Waals surface area (Å²) < 4.78 is 135. The maximum absolute atomic E-state index is 12.2. The van der Waals surface area contributed by atoms with Crippen molar-refractivity contribution in [2.45, 2.75) is 49.5 Å². The van der Waals surface area contributed by atoms with Crippen molar-refractivity contribution in [3.8, 4) is 0 Å². The van der Waals surface area contributed by atoms with Crippen molar-refractivity contribution >= 4 is 32.7 Å². The van der Waals surface area contributed by atoms with E-state index < -0.39 is 33.4 Å². The van der Waals surface area contributed by atoms with Crippen LogP contribution >= 0.6 is 22.6 Å². The lowest BCUT2D eigenvalue weighted by Crippen LogP contribution is -2.63. The van der Waals surface area contributed by atoms with E-state index >= 15 is 0 Å². The van der Waals surface area contributed by atoms with Crippen LogP contribution in [0.15, 0.2) is 24.3 Å². The first-order valence-electron chi connectivity index (χ1n) is 6.94. The normalized spacial score (nSPS) is 14.4. The summed E-state index contributed by atoms with van der Waals surface area (Å²) in [6.45, 7) is 6.72. The van der Waals surface area contributed by atoms with Crippen LogP contribution in [0.25, 0.3) is 0 Å². The van der Waals surface area contributed by atoms with E-state index in [1.165, 1.54) is 9.13 Å². The first kappa shape index (κ1) is 27.2. The molecule has 1 aromatic rings. The first-order valence-corrected chi connectivity index (χ1v) is 9.46. The summed E-state index contributed by atoms with van der Waals surface area (Å²) in [4.78, 5) is 0. The van der Waals surface area contributed by atoms with Gasteiger partial charge in [0.2, 0.25) is 0 Å². The molecule has 28 heavy (non-hydrogen) atoms. The van der Waals surface area contributed by atoms with Crippen molar-refractivity contribution in [1.82, 2.24) is 0 Å². The van der Waals surface area contributed by atoms with Crippen LogP contribution in [0.2, 0.25) is 0 Å². The molecule has 0 radical (unpaired) electrons. The Balaban J connectivity index is 0.000000567. The summed E-state index contributed by atoms with van der Waals surface area (Å²) in [6, 6.07) is 8.53. The number of alkyl halides is 9. The number of rotatable bonds is 3. The van der Waals surface area contributed by atoms with E-state index in [9.17, 15) is 47.9 Å². The molecule has 1 rings (SSSR count). The third-order valence-corrected chi connectivity index (χ3v) is 4.97. The molecule has 0 amide bonds. The first-order chi connectivity index (χ1) is 12.0. The minimum atomic E-state index is -7.37. The molecule has 0 fully saturated rings. The molecule has 0 aliphatic carbocycles. The summed E-state index contributed by atoms with van der Waals surface area (Å²) in [5.41, 5.74) is 1.71. The molecule has 3 nitrogen and oxygen atoms in total. The monoisotopic (exact) mass is 560 g/mol. The zero-order valence-corrected chi connectivity index (χ0v) is 17.2. The second-order valence-electron chi connectivity index (χ2n) is 6.37. The molecule has 1 N–H and O–H groups in total. The van der Waals surface area contributed by atoms with Crippen molar-refractivity contribution in [3.63, 3.8) is 0 Å². The predicted octanol–water partition coefficient (Wildman–Crippen LogP) is 5.89. The second kappa shape index (κ2) is 8.16. The predicted molar refractivity (Wildman–Crippen MR) is 90.3 cm³/mol. The molecule has 0 aromatic heterocycles. The Morgan fingerprint density at radius 1 is 0.821 bits per heavy atom. The molecule has 0 unspecified atom stereocenters. The van der Waals surface area contributed by atoms with Gasteiger partial charge in [0, 0.05) is 3.57 Å². The third-order valence-electron chi connectivity index (χ3n) is 3.12. The second-order valence-corrected chi connectivity index (χ2v) is 8.99. The van der Waals surface area contributed by atoms with Crippen LogP contribution in [0.4, 0.5) is 39.5 Å². The fraction of sp³-hybridized carbons (Fsp3) is 0.571. The van der Waals surface area contributed by atoms with Crippen LogP contribution in [0, 0.1) is 3.57 Å². The van der Waals surface area contributed by atoms with Gasteiger partial charge >= 0.3 is 33.4 Å². The van der Waals surface area contributed by atoms with Crippen LogP contribution < -0.4 is 0 Å². The Labute approximate surface area is 168 Å². The van der Waals surface area contributed by atoms with E-state index in [0.29, 0.717) is 0 Å². The van der Waals surface area contributed by atoms with E-state index in [1.807, 2.05) is 0 Å². The summed E-state index contributed by atoms with van der Waals surface area (Å²) in [5.74, 6) is -14.7. The Hall–Kier alpha value is -0.770. The van der Waals surface area contributed by atoms with Gasteiger partial charge in [-0.2, -0.15) is 47.9 Å². The summed E-state index contributed by atoms with van der Waals surface area (Å²) in [6.07, 6.45) is -7.13. The largest absolute Gasteiger partial charge is 0.460 e. The number of benzene rings is 1. The minimum absolute atomic E-state index is 0.276. The molecule has 0 spiro atoms. The van der Waals surface area contributed by atoms with Gasteiger partial charge in [0.05, 0.1) is 0 Å². The Morgan fingerprint density at radius 2 is 1.21 bits per heavy atom. The highest BCUT2D eigenvalue weighted by Gasteiger charge is 2.85. The highest BCUT2D eigenvalue weighted by atomic mass is 127. The molecule has 0 saturated carbocycles. The summed E-state index contributed by atoms with van der Waals surface area (Å²) in [5, 5.41) is -7.00. The standard InChI is InChI=1S/C10H13I.C4HF9O3S/c1-10(2,3)8-6-4-5-7-9(8)11;5-1(6,3(9,10)11)2(7,8)4(12,13)17(14,15)16/h4-7H,1-3H3;(H,14,15,16). The average molecular weight is 560 g/mol. The van der Waals surface area contributed by atoms with E-state index in [0.717, 1.165) is 0 Å². The molecule has 0 aliphatic heterocycles. The summed E-state index contributed by atoms with van der Waals surface area (Å²) in [7, 11) is -7.17. The minimum Gasteiger partial charge on any atom is -0.281 e. The molecule has 1 aromatic carbocycles. The molecule has 14 heteroatoms. The van der Waals surface area contributed by atoms with Crippen LogP contribution in [-0.2, 0) is 15.5 Å². The topological polar surface area (TPSA) is 54.4 Å². The molecule has 0 atom stereocenters. The van der Waals surface area contributed by atoms with Gasteiger partial charge in [-0.3, -0.25) is 4.55 Å². The lowest BCUT2D eigenvalue weighted by molar-refractivity contribution is -0.382. The lowest BCUT2D eigenvalue weighted by Gasteiger charge is -2.31. The van der Waals surface area contributed by atoms with Crippen molar-refractivity contribution in [1.29, 1.82) is 0 Å². The SMILES string of the molecule is CC(C)(C)c1ccccc1I.O=S(=O)(O)C(F)(F)C(F)(F)C(F)(F)C(F)(F)F. The highest BCUT2D eigenvalue weighted by Crippen LogP contribution is 2.54. The van der Waals surface area contributed by atoms with Gasteiger partial charge in [0.15, 0.2) is 0 Å². The van der Waals surface area contributed by atoms with Crippen molar-refractivity contribution in [2.24, 2.45) is 0 Å². The van der Waals surface area contributed by atoms with Gasteiger partial charge < -0.3 is 0 Å². The molecule has 0 saturated heterocycles. The van der Waals surface area contributed by atoms with Gasteiger partial charge in [-0.05, 0) is 39.6 Å². The zero-order valence-electron chi connectivity index (χ0n) is 14.3. The average Bonchev–Trinajstić information content (AvgIpc) is 2.44. The zero-order chi connectivity index (χ0) is 23.0. The Kier molecular flexibility index (Phi) is 7.94. The molecular formula is C14H14F9IO3S. The van der Waals surface area contributed by atoms with Crippen LogP contribution in [-0.4, -0.2) is 36.2 Å². The van der Waals surface area contributed by atoms with Crippen LogP contribution in [0.3, 0.4) is 0 Å². The number of halogens is 10. The van der Waals surface area contributed by atoms with Gasteiger partial charge in [-0.25, -0.2) is 0 Å². The van der Waals surface area contributed by atoms with Gasteiger partial charge in [0.1, 0.15) is 0 Å². The van der Waals surface area contributed by atoms with E-state index in [1.54, 1.807) is 0 Å². The Morgan fingerprint density at radius 3 is 1.46 bits per heavy atom. The molecule has 164 valence electrons. The molecule has 0 bridgehead atoms. The third kappa shape index (κ3) is 5.43. The molecule has 0 heterocycles. The van der Waals surface area contributed by atoms with Crippen molar-refractivity contribution in [2.75, 3.05) is 0 Å². The van der Waals surface area contributed by atoms with E-state index in [2.05, 4.69) is 67.6 Å². The Bertz CT molecular complexity index is 784. The van der Waals surface area contributed by atoms with E-state index in [4.69, 9.17) is 4.55 Å². The maximum Gasteiger partial charge on any atom is 0.460 e. The fourth-order valence-corrected chi connectivity index (χ4v) is 3.24. The fourth-order valence-electron chi connectivity index (χ4n) is 1.59. The lowest BCUT2D eigenvalue weighted by atomic mass is 9.87. The smallest absolute Gasteiger partial charge is 0.281 e. The van der Waals surface area contributed by atoms with Crippen LogP contribution in [0.5, 0.6) is 0 Å². The van der Waals surface area contributed by atoms with Gasteiger partial charge in [0.25, 0.3) is 0 Å². The maximum atomic E-state index is 12.2. The van der Waals surface area contributed by atoms with E-state index in [-0.39, 0.29) is 5.41 Å². The van der Waals surface area contributed by atoms with Crippen molar-refractivity contribution < 1.29 is 52.5 Å². The highest BCUT2D eigenvalue weighted by molar-refractivity contribution is 14.1. The van der Waals surface area contributed by atoms with Gasteiger partial charge in [-0.1, -0.05) is 39.0 Å². The quantitative estimate of drug-likeness (QED) is 0.285. The number of hydrogen-bond acceptors (Lipinski definition) is 2. The molecular weight excluding hydrogens is 546 g/mol. The van der Waals surface area contributed by atoms with Crippen molar-refractivity contribution in [3.05, 3.63) is 33.4 Å². The van der Waals surface area contributed by atoms with Crippen LogP contribution in [0.1, 0.15) is 26.3 Å². The molecule has 0 aliphatic rings.